The zero-order valence-electron chi connectivity index (χ0n) is 14.9. The highest BCUT2D eigenvalue weighted by Gasteiger charge is 2.51. The van der Waals surface area contributed by atoms with Crippen molar-refractivity contribution >= 4 is 28.9 Å². The molecule has 1 saturated heterocycles. The third-order valence-corrected chi connectivity index (χ3v) is 3.89. The van der Waals surface area contributed by atoms with Crippen LogP contribution in [0, 0.1) is 0 Å². The molecule has 4 atom stereocenters. The monoisotopic (exact) mass is 378 g/mol. The van der Waals surface area contributed by atoms with E-state index in [0.717, 1.165) is 0 Å². The molecule has 0 amide bonds. The van der Waals surface area contributed by atoms with Gasteiger partial charge in [-0.3, -0.25) is 19.5 Å². The van der Waals surface area contributed by atoms with Crippen LogP contribution in [0.3, 0.4) is 0 Å². The van der Waals surface area contributed by atoms with E-state index in [0.29, 0.717) is 16.7 Å². The molecule has 1 aliphatic rings. The molecule has 0 aliphatic carbocycles. The van der Waals surface area contributed by atoms with Crippen LogP contribution in [0.1, 0.15) is 32.6 Å². The molecule has 1 fully saturated rings. The van der Waals surface area contributed by atoms with Gasteiger partial charge in [-0.15, -0.1) is 0 Å². The molecule has 0 spiro atoms. The van der Waals surface area contributed by atoms with Gasteiger partial charge in [-0.05, 0) is 0 Å². The lowest BCUT2D eigenvalue weighted by Crippen LogP contribution is -2.40. The van der Waals surface area contributed by atoms with E-state index in [1.807, 2.05) is 0 Å². The number of fused-ring (bicyclic) bond motifs is 1. The van der Waals surface area contributed by atoms with E-state index in [9.17, 15) is 14.4 Å². The molecule has 0 aromatic carbocycles. The molecular weight excluding hydrogens is 360 g/mol. The van der Waals surface area contributed by atoms with Crippen molar-refractivity contribution in [3.8, 4) is 0 Å². The van der Waals surface area contributed by atoms with E-state index < -0.39 is 42.3 Å². The molecule has 2 aromatic rings. The molecule has 0 unspecified atom stereocenters. The molecule has 144 valence electrons. The molecule has 27 heavy (non-hydrogen) atoms. The summed E-state index contributed by atoms with van der Waals surface area (Å²) in [5, 5.41) is 6.96. The third-order valence-electron chi connectivity index (χ3n) is 3.89. The summed E-state index contributed by atoms with van der Waals surface area (Å²) in [7, 11) is 0. The molecule has 0 saturated carbocycles. The number of carbonyl (C=O) groups is 3. The summed E-state index contributed by atoms with van der Waals surface area (Å²) in [5.41, 5.74) is 1.40. The lowest BCUT2D eigenvalue weighted by Gasteiger charge is -2.22. The third kappa shape index (κ3) is 4.03. The number of aromatic amines is 1. The van der Waals surface area contributed by atoms with Crippen molar-refractivity contribution in [3.63, 3.8) is 0 Å². The van der Waals surface area contributed by atoms with Crippen molar-refractivity contribution in [2.24, 2.45) is 0 Å². The fourth-order valence-electron chi connectivity index (χ4n) is 2.92. The van der Waals surface area contributed by atoms with Gasteiger partial charge in [0.2, 0.25) is 0 Å². The minimum Gasteiger partial charge on any atom is -0.463 e. The van der Waals surface area contributed by atoms with Crippen LogP contribution in [0.15, 0.2) is 12.5 Å². The summed E-state index contributed by atoms with van der Waals surface area (Å²) >= 11 is 0. The van der Waals surface area contributed by atoms with Gasteiger partial charge < -0.3 is 18.9 Å². The summed E-state index contributed by atoms with van der Waals surface area (Å²) in [5.74, 6) is -1.71. The van der Waals surface area contributed by atoms with Crippen LogP contribution in [-0.4, -0.2) is 63.0 Å². The van der Waals surface area contributed by atoms with E-state index in [1.165, 1.54) is 33.3 Å². The molecule has 3 heterocycles. The van der Waals surface area contributed by atoms with E-state index in [-0.39, 0.29) is 6.61 Å². The first-order chi connectivity index (χ1) is 12.9. The van der Waals surface area contributed by atoms with Crippen molar-refractivity contribution < 1.29 is 33.3 Å². The van der Waals surface area contributed by atoms with Crippen LogP contribution in [0.4, 0.5) is 0 Å². The van der Waals surface area contributed by atoms with Crippen LogP contribution in [0.25, 0.3) is 11.0 Å². The number of carbonyl (C=O) groups excluding carboxylic acids is 3. The van der Waals surface area contributed by atoms with E-state index in [2.05, 4.69) is 20.2 Å². The molecule has 3 rings (SSSR count). The van der Waals surface area contributed by atoms with Crippen LogP contribution in [0.2, 0.25) is 0 Å². The quantitative estimate of drug-likeness (QED) is 0.567. The number of aromatic nitrogens is 4. The van der Waals surface area contributed by atoms with Crippen LogP contribution in [0.5, 0.6) is 0 Å². The maximum atomic E-state index is 11.6. The Morgan fingerprint density at radius 2 is 1.81 bits per heavy atom. The fourth-order valence-corrected chi connectivity index (χ4v) is 2.92. The number of ether oxygens (including phenoxy) is 4. The van der Waals surface area contributed by atoms with Gasteiger partial charge in [-0.25, -0.2) is 9.97 Å². The van der Waals surface area contributed by atoms with Crippen LogP contribution < -0.4 is 0 Å². The predicted octanol–water partition coefficient (Wildman–Crippen LogP) is 0.219. The number of hydrogen-bond acceptors (Lipinski definition) is 10. The van der Waals surface area contributed by atoms with Gasteiger partial charge in [0, 0.05) is 20.8 Å². The Kier molecular flexibility index (Phi) is 5.31. The number of nitrogens with zero attached hydrogens (tertiary/aromatic N) is 3. The highest BCUT2D eigenvalue weighted by molar-refractivity contribution is 5.76. The summed E-state index contributed by atoms with van der Waals surface area (Å²) in [6.45, 7) is 3.51. The lowest BCUT2D eigenvalue weighted by atomic mass is 10.0. The average molecular weight is 378 g/mol. The first-order valence-electron chi connectivity index (χ1n) is 8.14. The van der Waals surface area contributed by atoms with Crippen molar-refractivity contribution in [3.05, 3.63) is 18.2 Å². The zero-order chi connectivity index (χ0) is 19.6. The summed E-state index contributed by atoms with van der Waals surface area (Å²) in [6, 6.07) is 0. The Bertz CT molecular complexity index is 867. The SMILES string of the molecule is CC(=O)OC[C@H]1O[C@@H](c2n[nH]c3cncnc23)[C@H](OC(C)=O)[C@@H]1OC(C)=O. The molecular formula is C16H18N4O7. The molecule has 0 bridgehead atoms. The van der Waals surface area contributed by atoms with Crippen molar-refractivity contribution in [2.45, 2.75) is 45.2 Å². The Morgan fingerprint density at radius 1 is 1.11 bits per heavy atom. The number of H-pyrrole nitrogens is 1. The second kappa shape index (κ2) is 7.66. The van der Waals surface area contributed by atoms with Gasteiger partial charge in [0.15, 0.2) is 12.2 Å². The largest absolute Gasteiger partial charge is 0.463 e. The van der Waals surface area contributed by atoms with E-state index >= 15 is 0 Å². The second-order valence-electron chi connectivity index (χ2n) is 5.94. The summed E-state index contributed by atoms with van der Waals surface area (Å²) < 4.78 is 21.6. The van der Waals surface area contributed by atoms with Gasteiger partial charge >= 0.3 is 17.9 Å². The molecule has 0 radical (unpaired) electrons. The van der Waals surface area contributed by atoms with Gasteiger partial charge in [-0.1, -0.05) is 0 Å². The minimum atomic E-state index is -0.992. The smallest absolute Gasteiger partial charge is 0.303 e. The van der Waals surface area contributed by atoms with Crippen LogP contribution in [-0.2, 0) is 33.3 Å². The standard InChI is InChI=1S/C16H18N4O7/c1-7(21)24-5-11-14(25-8(2)22)16(26-9(3)23)15(27-11)13-12-10(19-20-13)4-17-6-18-12/h4,6,11,14-16H,5H2,1-3H3,(H,19,20)/t11-,14-,15+,16-/m1/s1. The van der Waals surface area contributed by atoms with Crippen molar-refractivity contribution in [1.29, 1.82) is 0 Å². The molecule has 1 aliphatic heterocycles. The number of esters is 3. The molecule has 11 heteroatoms. The topological polar surface area (TPSA) is 143 Å². The van der Waals surface area contributed by atoms with Gasteiger partial charge in [0.1, 0.15) is 41.9 Å². The maximum absolute atomic E-state index is 11.6. The Balaban J connectivity index is 1.98. The summed E-state index contributed by atoms with van der Waals surface area (Å²) in [6.07, 6.45) is -0.827. The number of nitrogens with one attached hydrogen (secondary N) is 1. The Hall–Kier alpha value is -3.08. The summed E-state index contributed by atoms with van der Waals surface area (Å²) in [4.78, 5) is 42.4. The van der Waals surface area contributed by atoms with Crippen molar-refractivity contribution in [2.75, 3.05) is 6.61 Å². The number of hydrogen-bond donors (Lipinski definition) is 1. The van der Waals surface area contributed by atoms with Gasteiger partial charge in [0.05, 0.1) is 6.20 Å². The molecule has 2 aromatic heterocycles. The van der Waals surface area contributed by atoms with Gasteiger partial charge in [0.25, 0.3) is 0 Å². The Morgan fingerprint density at radius 3 is 2.48 bits per heavy atom. The number of rotatable bonds is 5. The highest BCUT2D eigenvalue weighted by Crippen LogP contribution is 2.38. The van der Waals surface area contributed by atoms with Crippen molar-refractivity contribution in [1.82, 2.24) is 20.2 Å². The average Bonchev–Trinajstić information content (AvgIpc) is 3.15. The van der Waals surface area contributed by atoms with Crippen LogP contribution >= 0.6 is 0 Å². The highest BCUT2D eigenvalue weighted by atomic mass is 16.6. The van der Waals surface area contributed by atoms with E-state index in [1.54, 1.807) is 0 Å². The second-order valence-corrected chi connectivity index (χ2v) is 5.94. The predicted molar refractivity (Wildman–Crippen MR) is 87.0 cm³/mol. The van der Waals surface area contributed by atoms with Gasteiger partial charge in [-0.2, -0.15) is 5.10 Å². The molecule has 1 N–H and O–H groups in total. The Labute approximate surface area is 153 Å². The first kappa shape index (κ1) is 18.7. The van der Waals surface area contributed by atoms with E-state index in [4.69, 9.17) is 18.9 Å². The minimum absolute atomic E-state index is 0.182. The maximum Gasteiger partial charge on any atom is 0.303 e. The molecule has 11 nitrogen and oxygen atoms in total. The lowest BCUT2D eigenvalue weighted by molar-refractivity contribution is -0.165. The first-order valence-corrected chi connectivity index (χ1v) is 8.14. The zero-order valence-corrected chi connectivity index (χ0v) is 14.9. The normalized spacial score (nSPS) is 24.6. The fraction of sp³-hybridized carbons (Fsp3) is 0.500.